The smallest absolute Gasteiger partial charge is 0.220 e. The number of carbonyl (C=O) groups excluding carboxylic acids is 1. The van der Waals surface area contributed by atoms with Gasteiger partial charge in [0.2, 0.25) is 5.91 Å². The van der Waals surface area contributed by atoms with Gasteiger partial charge in [0, 0.05) is 30.5 Å². The quantitative estimate of drug-likeness (QED) is 0.849. The maximum atomic E-state index is 11.3. The van der Waals surface area contributed by atoms with Crippen molar-refractivity contribution in [2.45, 2.75) is 32.4 Å². The highest BCUT2D eigenvalue weighted by atomic mass is 16.1. The number of hydrogen-bond donors (Lipinski definition) is 2. The van der Waals surface area contributed by atoms with Gasteiger partial charge in [-0.3, -0.25) is 14.7 Å². The maximum Gasteiger partial charge on any atom is 0.220 e. The molecule has 1 amide bonds. The van der Waals surface area contributed by atoms with Crippen molar-refractivity contribution in [3.8, 4) is 0 Å². The standard InChI is InChI=1S/C20H26N4O/c1-15(18-5-3-9-22-13-18)23-19-6-2-4-16(12-19)14-24-10-7-17(8-11-24)20(21)25/h2-6,9,12-13,15,17,23H,7-8,10-11,14H2,1H3,(H2,21,25). The topological polar surface area (TPSA) is 71.2 Å². The molecular formula is C20H26N4O. The Morgan fingerprint density at radius 3 is 2.80 bits per heavy atom. The van der Waals surface area contributed by atoms with Gasteiger partial charge in [0.05, 0.1) is 6.04 Å². The number of pyridine rings is 1. The molecule has 132 valence electrons. The number of amides is 1. The van der Waals surface area contributed by atoms with E-state index < -0.39 is 0 Å². The highest BCUT2D eigenvalue weighted by molar-refractivity contribution is 5.76. The lowest BCUT2D eigenvalue weighted by atomic mass is 9.96. The number of nitrogens with one attached hydrogen (secondary N) is 1. The minimum atomic E-state index is -0.157. The summed E-state index contributed by atoms with van der Waals surface area (Å²) in [6.45, 7) is 4.90. The lowest BCUT2D eigenvalue weighted by molar-refractivity contribution is -0.123. The third kappa shape index (κ3) is 4.79. The number of hydrogen-bond acceptors (Lipinski definition) is 4. The van der Waals surface area contributed by atoms with E-state index in [4.69, 9.17) is 5.73 Å². The Morgan fingerprint density at radius 1 is 1.32 bits per heavy atom. The van der Waals surface area contributed by atoms with Crippen LogP contribution in [-0.2, 0) is 11.3 Å². The van der Waals surface area contributed by atoms with Crippen molar-refractivity contribution in [1.82, 2.24) is 9.88 Å². The van der Waals surface area contributed by atoms with Crippen LogP contribution in [0.5, 0.6) is 0 Å². The zero-order valence-corrected chi connectivity index (χ0v) is 14.7. The average molecular weight is 338 g/mol. The monoisotopic (exact) mass is 338 g/mol. The molecule has 0 aliphatic carbocycles. The lowest BCUT2D eigenvalue weighted by Crippen LogP contribution is -2.38. The van der Waals surface area contributed by atoms with Gasteiger partial charge >= 0.3 is 0 Å². The van der Waals surface area contributed by atoms with E-state index in [1.165, 1.54) is 11.1 Å². The molecule has 0 radical (unpaired) electrons. The average Bonchev–Trinajstić information content (AvgIpc) is 2.63. The van der Waals surface area contributed by atoms with Crippen LogP contribution in [0.15, 0.2) is 48.8 Å². The molecule has 5 heteroatoms. The van der Waals surface area contributed by atoms with Gasteiger partial charge < -0.3 is 11.1 Å². The van der Waals surface area contributed by atoms with Crippen molar-refractivity contribution >= 4 is 11.6 Å². The van der Waals surface area contributed by atoms with E-state index in [0.29, 0.717) is 0 Å². The second-order valence-corrected chi connectivity index (χ2v) is 6.81. The van der Waals surface area contributed by atoms with E-state index in [0.717, 1.165) is 38.2 Å². The number of likely N-dealkylation sites (tertiary alicyclic amines) is 1. The van der Waals surface area contributed by atoms with Gasteiger partial charge in [-0.05, 0) is 62.2 Å². The predicted molar refractivity (Wildman–Crippen MR) is 99.9 cm³/mol. The number of rotatable bonds is 6. The summed E-state index contributed by atoms with van der Waals surface area (Å²) in [5.74, 6) is -0.111. The molecule has 1 unspecified atom stereocenters. The van der Waals surface area contributed by atoms with Gasteiger partial charge in [-0.1, -0.05) is 18.2 Å². The van der Waals surface area contributed by atoms with Crippen LogP contribution in [0.1, 0.15) is 36.9 Å². The minimum absolute atomic E-state index is 0.0459. The third-order valence-corrected chi connectivity index (χ3v) is 4.89. The second kappa shape index (κ2) is 8.12. The molecule has 3 N–H and O–H groups in total. The molecule has 1 aromatic carbocycles. The van der Waals surface area contributed by atoms with E-state index in [1.807, 2.05) is 12.3 Å². The van der Waals surface area contributed by atoms with Gasteiger partial charge in [0.25, 0.3) is 0 Å². The fraction of sp³-hybridized carbons (Fsp3) is 0.400. The summed E-state index contributed by atoms with van der Waals surface area (Å²) in [6.07, 6.45) is 5.42. The summed E-state index contributed by atoms with van der Waals surface area (Å²) in [6, 6.07) is 12.8. The van der Waals surface area contributed by atoms with Crippen molar-refractivity contribution in [2.24, 2.45) is 11.7 Å². The van der Waals surface area contributed by atoms with Crippen LogP contribution in [0.4, 0.5) is 5.69 Å². The molecule has 1 fully saturated rings. The number of nitrogens with two attached hydrogens (primary N) is 1. The number of benzene rings is 1. The zero-order chi connectivity index (χ0) is 17.6. The number of aromatic nitrogens is 1. The Morgan fingerprint density at radius 2 is 2.12 bits per heavy atom. The number of piperidine rings is 1. The van der Waals surface area contributed by atoms with Crippen molar-refractivity contribution < 1.29 is 4.79 Å². The summed E-state index contributed by atoms with van der Waals surface area (Å²) in [5.41, 5.74) is 8.97. The molecule has 3 rings (SSSR count). The van der Waals surface area contributed by atoms with Gasteiger partial charge in [0.1, 0.15) is 0 Å². The first-order chi connectivity index (χ1) is 12.1. The highest BCUT2D eigenvalue weighted by Crippen LogP contribution is 2.22. The molecule has 1 aliphatic rings. The molecule has 25 heavy (non-hydrogen) atoms. The predicted octanol–water partition coefficient (Wildman–Crippen LogP) is 2.95. The summed E-state index contributed by atoms with van der Waals surface area (Å²) in [4.78, 5) is 17.8. The van der Waals surface area contributed by atoms with Crippen LogP contribution >= 0.6 is 0 Å². The number of carbonyl (C=O) groups is 1. The van der Waals surface area contributed by atoms with Crippen molar-refractivity contribution in [2.75, 3.05) is 18.4 Å². The molecular weight excluding hydrogens is 312 g/mol. The van der Waals surface area contributed by atoms with Crippen LogP contribution < -0.4 is 11.1 Å². The number of anilines is 1. The van der Waals surface area contributed by atoms with Gasteiger partial charge in [0.15, 0.2) is 0 Å². The molecule has 1 aliphatic heterocycles. The largest absolute Gasteiger partial charge is 0.378 e. The first-order valence-electron chi connectivity index (χ1n) is 8.89. The zero-order valence-electron chi connectivity index (χ0n) is 14.7. The molecule has 0 spiro atoms. The molecule has 5 nitrogen and oxygen atoms in total. The molecule has 2 aromatic rings. The Balaban J connectivity index is 1.58. The van der Waals surface area contributed by atoms with Crippen LogP contribution in [-0.4, -0.2) is 28.9 Å². The third-order valence-electron chi connectivity index (χ3n) is 4.89. The van der Waals surface area contributed by atoms with E-state index in [9.17, 15) is 4.79 Å². The van der Waals surface area contributed by atoms with E-state index >= 15 is 0 Å². The Bertz CT molecular complexity index is 696. The molecule has 1 atom stereocenters. The molecule has 1 aromatic heterocycles. The van der Waals surface area contributed by atoms with E-state index in [2.05, 4.69) is 52.5 Å². The number of nitrogens with zero attached hydrogens (tertiary/aromatic N) is 2. The SMILES string of the molecule is CC(Nc1cccc(CN2CCC(C(N)=O)CC2)c1)c1cccnc1. The van der Waals surface area contributed by atoms with E-state index in [-0.39, 0.29) is 17.9 Å². The molecule has 0 saturated carbocycles. The van der Waals surface area contributed by atoms with Crippen LogP contribution in [0.2, 0.25) is 0 Å². The van der Waals surface area contributed by atoms with Crippen molar-refractivity contribution in [3.05, 3.63) is 59.9 Å². The fourth-order valence-corrected chi connectivity index (χ4v) is 3.36. The summed E-state index contributed by atoms with van der Waals surface area (Å²) in [5, 5.41) is 3.54. The number of primary amides is 1. The Hall–Kier alpha value is -2.40. The van der Waals surface area contributed by atoms with E-state index in [1.54, 1.807) is 6.20 Å². The summed E-state index contributed by atoms with van der Waals surface area (Å²) < 4.78 is 0. The molecule has 2 heterocycles. The normalized spacial score (nSPS) is 17.2. The maximum absolute atomic E-state index is 11.3. The molecule has 1 saturated heterocycles. The van der Waals surface area contributed by atoms with Crippen LogP contribution in [0, 0.1) is 5.92 Å². The van der Waals surface area contributed by atoms with Crippen molar-refractivity contribution in [3.63, 3.8) is 0 Å². The van der Waals surface area contributed by atoms with Gasteiger partial charge in [-0.15, -0.1) is 0 Å². The first-order valence-corrected chi connectivity index (χ1v) is 8.89. The lowest BCUT2D eigenvalue weighted by Gasteiger charge is -2.30. The van der Waals surface area contributed by atoms with Crippen LogP contribution in [0.3, 0.4) is 0 Å². The second-order valence-electron chi connectivity index (χ2n) is 6.81. The van der Waals surface area contributed by atoms with Crippen LogP contribution in [0.25, 0.3) is 0 Å². The first kappa shape index (κ1) is 17.4. The Kier molecular flexibility index (Phi) is 5.66. The summed E-state index contributed by atoms with van der Waals surface area (Å²) in [7, 11) is 0. The minimum Gasteiger partial charge on any atom is -0.378 e. The van der Waals surface area contributed by atoms with Crippen molar-refractivity contribution in [1.29, 1.82) is 0 Å². The van der Waals surface area contributed by atoms with Gasteiger partial charge in [-0.2, -0.15) is 0 Å². The Labute approximate surface area is 149 Å². The summed E-state index contributed by atoms with van der Waals surface area (Å²) >= 11 is 0. The van der Waals surface area contributed by atoms with Gasteiger partial charge in [-0.25, -0.2) is 0 Å². The fourth-order valence-electron chi connectivity index (χ4n) is 3.36. The highest BCUT2D eigenvalue weighted by Gasteiger charge is 2.22. The molecule has 0 bridgehead atoms.